The molecule has 0 aromatic heterocycles. The third-order valence-corrected chi connectivity index (χ3v) is 1.68. The van der Waals surface area contributed by atoms with Gasteiger partial charge in [0, 0.05) is 7.05 Å². The lowest BCUT2D eigenvalue weighted by Gasteiger charge is -2.13. The Hall–Kier alpha value is -0.390. The van der Waals surface area contributed by atoms with Crippen LogP contribution < -0.4 is 5.32 Å². The zero-order chi connectivity index (χ0) is 7.02. The topological polar surface area (TPSA) is 55.7 Å². The minimum Gasteiger partial charge on any atom is -0.369 e. The van der Waals surface area contributed by atoms with Gasteiger partial charge in [0.2, 0.25) is 0 Å². The smallest absolute Gasteiger partial charge is 0.173 e. The number of nitrogens with zero attached hydrogens (tertiary/aromatic N) is 1. The van der Waals surface area contributed by atoms with E-state index in [1.54, 1.807) is 7.05 Å². The van der Waals surface area contributed by atoms with E-state index in [9.17, 15) is 0 Å². The van der Waals surface area contributed by atoms with Crippen LogP contribution in [0.25, 0.3) is 0 Å². The number of aliphatic hydroxyl groups excluding tert-OH is 2. The first kappa shape index (κ1) is 6.73. The Morgan fingerprint density at radius 1 is 1.67 bits per heavy atom. The first-order chi connectivity index (χ1) is 4.13. The molecule has 1 aliphatic rings. The second kappa shape index (κ2) is 2.09. The van der Waals surface area contributed by atoms with Crippen molar-refractivity contribution in [3.63, 3.8) is 0 Å². The third-order valence-electron chi connectivity index (χ3n) is 1.27. The molecule has 2 atom stereocenters. The minimum absolute atomic E-state index is 0.370. The number of rotatable bonds is 0. The fraction of sp³-hybridized carbons (Fsp3) is 0.750. The fourth-order valence-corrected chi connectivity index (χ4v) is 0.864. The van der Waals surface area contributed by atoms with Crippen LogP contribution in [0.1, 0.15) is 0 Å². The van der Waals surface area contributed by atoms with Crippen LogP contribution in [-0.4, -0.2) is 39.7 Å². The van der Waals surface area contributed by atoms with Crippen LogP contribution in [-0.2, 0) is 0 Å². The van der Waals surface area contributed by atoms with Gasteiger partial charge in [0.05, 0.1) is 0 Å². The van der Waals surface area contributed by atoms with E-state index in [0.29, 0.717) is 5.11 Å². The second-order valence-corrected chi connectivity index (χ2v) is 2.31. The van der Waals surface area contributed by atoms with Crippen molar-refractivity contribution < 1.29 is 10.2 Å². The molecule has 0 radical (unpaired) electrons. The van der Waals surface area contributed by atoms with Gasteiger partial charge < -0.3 is 20.4 Å². The van der Waals surface area contributed by atoms with Gasteiger partial charge in [0.15, 0.2) is 17.6 Å². The van der Waals surface area contributed by atoms with Crippen LogP contribution >= 0.6 is 12.2 Å². The summed E-state index contributed by atoms with van der Waals surface area (Å²) in [5.74, 6) is 0. The first-order valence-corrected chi connectivity index (χ1v) is 2.93. The van der Waals surface area contributed by atoms with Crippen LogP contribution in [0, 0.1) is 0 Å². The predicted molar refractivity (Wildman–Crippen MR) is 35.5 cm³/mol. The molecule has 3 N–H and O–H groups in total. The average Bonchev–Trinajstić information content (AvgIpc) is 1.98. The van der Waals surface area contributed by atoms with Crippen LogP contribution in [0.15, 0.2) is 0 Å². The zero-order valence-corrected chi connectivity index (χ0v) is 5.72. The van der Waals surface area contributed by atoms with Crippen molar-refractivity contribution in [1.82, 2.24) is 10.2 Å². The summed E-state index contributed by atoms with van der Waals surface area (Å²) < 4.78 is 0. The SMILES string of the molecule is CN1C(=S)N[C@@H](O)[C@@H]1O. The van der Waals surface area contributed by atoms with Gasteiger partial charge in [0.1, 0.15) is 0 Å². The highest BCUT2D eigenvalue weighted by atomic mass is 32.1. The van der Waals surface area contributed by atoms with Crippen molar-refractivity contribution in [3.05, 3.63) is 0 Å². The number of aliphatic hydroxyl groups is 2. The molecule has 1 rings (SSSR count). The summed E-state index contributed by atoms with van der Waals surface area (Å²) in [5.41, 5.74) is 0. The highest BCUT2D eigenvalue weighted by molar-refractivity contribution is 7.80. The molecule has 9 heavy (non-hydrogen) atoms. The summed E-state index contributed by atoms with van der Waals surface area (Å²) >= 11 is 4.69. The molecule has 5 heteroatoms. The molecule has 0 aromatic rings. The molecule has 1 heterocycles. The van der Waals surface area contributed by atoms with Crippen LogP contribution in [0.5, 0.6) is 0 Å². The lowest BCUT2D eigenvalue weighted by Crippen LogP contribution is -2.33. The monoisotopic (exact) mass is 148 g/mol. The minimum atomic E-state index is -0.942. The van der Waals surface area contributed by atoms with E-state index in [4.69, 9.17) is 22.4 Å². The Bertz CT molecular complexity index is 141. The maximum Gasteiger partial charge on any atom is 0.173 e. The van der Waals surface area contributed by atoms with Gasteiger partial charge in [-0.2, -0.15) is 0 Å². The zero-order valence-electron chi connectivity index (χ0n) is 4.90. The van der Waals surface area contributed by atoms with E-state index in [2.05, 4.69) is 5.32 Å². The van der Waals surface area contributed by atoms with Crippen LogP contribution in [0.3, 0.4) is 0 Å². The molecular formula is C4H8N2O2S. The van der Waals surface area contributed by atoms with Crippen molar-refractivity contribution in [3.8, 4) is 0 Å². The van der Waals surface area contributed by atoms with E-state index in [0.717, 1.165) is 0 Å². The number of nitrogens with one attached hydrogen (secondary N) is 1. The first-order valence-electron chi connectivity index (χ1n) is 2.52. The van der Waals surface area contributed by atoms with Crippen molar-refractivity contribution in [2.45, 2.75) is 12.5 Å². The molecule has 1 aliphatic heterocycles. The summed E-state index contributed by atoms with van der Waals surface area (Å²) in [7, 11) is 1.61. The molecule has 0 bridgehead atoms. The maximum atomic E-state index is 8.96. The van der Waals surface area contributed by atoms with Gasteiger partial charge in [-0.05, 0) is 12.2 Å². The average molecular weight is 148 g/mol. The second-order valence-electron chi connectivity index (χ2n) is 1.92. The Kier molecular flexibility index (Phi) is 1.56. The van der Waals surface area contributed by atoms with Gasteiger partial charge in [-0.3, -0.25) is 0 Å². The normalized spacial score (nSPS) is 35.0. The summed E-state index contributed by atoms with van der Waals surface area (Å²) in [6.45, 7) is 0. The van der Waals surface area contributed by atoms with Crippen molar-refractivity contribution in [2.24, 2.45) is 0 Å². The summed E-state index contributed by atoms with van der Waals surface area (Å²) in [4.78, 5) is 1.39. The van der Waals surface area contributed by atoms with Gasteiger partial charge in [-0.1, -0.05) is 0 Å². The van der Waals surface area contributed by atoms with Gasteiger partial charge in [-0.25, -0.2) is 0 Å². The molecule has 52 valence electrons. The summed E-state index contributed by atoms with van der Waals surface area (Å²) in [5, 5.41) is 20.7. The van der Waals surface area contributed by atoms with Crippen molar-refractivity contribution in [1.29, 1.82) is 0 Å². The lowest BCUT2D eigenvalue weighted by atomic mass is 10.5. The molecule has 0 saturated carbocycles. The third kappa shape index (κ3) is 0.983. The Labute approximate surface area is 58.1 Å². The summed E-state index contributed by atoms with van der Waals surface area (Å²) in [6.07, 6.45) is -1.85. The van der Waals surface area contributed by atoms with E-state index in [1.807, 2.05) is 0 Å². The molecular weight excluding hydrogens is 140 g/mol. The standard InChI is InChI=1S/C4H8N2O2S/c1-6-3(8)2(7)5-4(6)9/h2-3,7-8H,1H3,(H,5,9)/t2-,3-/m0/s1. The number of hydrogen-bond donors (Lipinski definition) is 3. The molecule has 1 saturated heterocycles. The molecule has 0 aliphatic carbocycles. The molecule has 0 aromatic carbocycles. The largest absolute Gasteiger partial charge is 0.369 e. The van der Waals surface area contributed by atoms with E-state index < -0.39 is 12.5 Å². The molecule has 1 fully saturated rings. The molecule has 0 amide bonds. The molecule has 0 spiro atoms. The van der Waals surface area contributed by atoms with Crippen molar-refractivity contribution in [2.75, 3.05) is 7.05 Å². The summed E-state index contributed by atoms with van der Waals surface area (Å²) in [6, 6.07) is 0. The van der Waals surface area contributed by atoms with Crippen molar-refractivity contribution >= 4 is 17.3 Å². The van der Waals surface area contributed by atoms with E-state index in [-0.39, 0.29) is 0 Å². The van der Waals surface area contributed by atoms with Gasteiger partial charge >= 0.3 is 0 Å². The van der Waals surface area contributed by atoms with Crippen LogP contribution in [0.4, 0.5) is 0 Å². The lowest BCUT2D eigenvalue weighted by molar-refractivity contribution is -0.0235. The van der Waals surface area contributed by atoms with Gasteiger partial charge in [0.25, 0.3) is 0 Å². The number of hydrogen-bond acceptors (Lipinski definition) is 3. The number of thiocarbonyl (C=S) groups is 1. The highest BCUT2D eigenvalue weighted by Crippen LogP contribution is 2.05. The Balaban J connectivity index is 2.65. The Morgan fingerprint density at radius 3 is 2.33 bits per heavy atom. The van der Waals surface area contributed by atoms with Gasteiger partial charge in [-0.15, -0.1) is 0 Å². The maximum absolute atomic E-state index is 8.96. The quantitative estimate of drug-likeness (QED) is 0.363. The molecule has 0 unspecified atom stereocenters. The van der Waals surface area contributed by atoms with E-state index in [1.165, 1.54) is 4.90 Å². The van der Waals surface area contributed by atoms with E-state index >= 15 is 0 Å². The fourth-order valence-electron chi connectivity index (χ4n) is 0.635. The molecule has 4 nitrogen and oxygen atoms in total. The highest BCUT2D eigenvalue weighted by Gasteiger charge is 2.30. The number of likely N-dealkylation sites (N-methyl/N-ethyl adjacent to an activating group) is 1. The predicted octanol–water partition coefficient (Wildman–Crippen LogP) is -1.56. The van der Waals surface area contributed by atoms with Crippen LogP contribution in [0.2, 0.25) is 0 Å². The Morgan fingerprint density at radius 2 is 2.22 bits per heavy atom.